The third-order valence-corrected chi connectivity index (χ3v) is 5.86. The van der Waals surface area contributed by atoms with Crippen LogP contribution in [0.2, 0.25) is 0 Å². The second kappa shape index (κ2) is 16.3. The van der Waals surface area contributed by atoms with Crippen molar-refractivity contribution in [3.63, 3.8) is 0 Å². The number of carbonyl (C=O) groups excluding carboxylic acids is 3. The zero-order valence-corrected chi connectivity index (χ0v) is 22.7. The molecule has 0 radical (unpaired) electrons. The second-order valence-electron chi connectivity index (χ2n) is 8.69. The molecule has 1 fully saturated rings. The number of rotatable bonds is 11. The Bertz CT molecular complexity index is 1200. The zero-order valence-electron chi connectivity index (χ0n) is 22.7. The molecular formula is C29H37N7O3. The van der Waals surface area contributed by atoms with Crippen LogP contribution in [0, 0.1) is 5.92 Å². The fourth-order valence-electron chi connectivity index (χ4n) is 4.10. The summed E-state index contributed by atoms with van der Waals surface area (Å²) >= 11 is 0. The smallest absolute Gasteiger partial charge is 0.256 e. The predicted octanol–water partition coefficient (Wildman–Crippen LogP) is 3.35. The zero-order chi connectivity index (χ0) is 28.6. The molecule has 0 aliphatic carbocycles. The van der Waals surface area contributed by atoms with Crippen molar-refractivity contribution in [2.24, 2.45) is 16.8 Å². The second-order valence-corrected chi connectivity index (χ2v) is 8.69. The molecule has 1 amide bonds. The van der Waals surface area contributed by atoms with Crippen LogP contribution < -0.4 is 21.8 Å². The van der Waals surface area contributed by atoms with E-state index in [2.05, 4.69) is 50.7 Å². The van der Waals surface area contributed by atoms with Gasteiger partial charge >= 0.3 is 0 Å². The van der Waals surface area contributed by atoms with Gasteiger partial charge in [0.25, 0.3) is 5.91 Å². The summed E-state index contributed by atoms with van der Waals surface area (Å²) in [5, 5.41) is 10.1. The average molecular weight is 532 g/mol. The van der Waals surface area contributed by atoms with Gasteiger partial charge in [0, 0.05) is 36.6 Å². The summed E-state index contributed by atoms with van der Waals surface area (Å²) < 4.78 is 0. The topological polar surface area (TPSA) is 142 Å². The van der Waals surface area contributed by atoms with Crippen LogP contribution in [0.4, 0.5) is 11.5 Å². The van der Waals surface area contributed by atoms with Gasteiger partial charge in [0.15, 0.2) is 12.1 Å². The van der Waals surface area contributed by atoms with Crippen molar-refractivity contribution >= 4 is 35.8 Å². The molecule has 206 valence electrons. The Morgan fingerprint density at radius 2 is 1.92 bits per heavy atom. The summed E-state index contributed by atoms with van der Waals surface area (Å²) in [6.07, 6.45) is 8.14. The first-order valence-corrected chi connectivity index (χ1v) is 12.6. The first-order chi connectivity index (χ1) is 18.9. The fraction of sp³-hybridized carbons (Fsp3) is 0.276. The van der Waals surface area contributed by atoms with Crippen molar-refractivity contribution in [1.82, 2.24) is 15.3 Å². The summed E-state index contributed by atoms with van der Waals surface area (Å²) in [7, 11) is 3.73. The Morgan fingerprint density at radius 1 is 1.21 bits per heavy atom. The molecule has 10 nitrogen and oxygen atoms in total. The number of amides is 1. The molecule has 0 bridgehead atoms. The minimum atomic E-state index is -0.269. The summed E-state index contributed by atoms with van der Waals surface area (Å²) in [6, 6.07) is 12.2. The molecule has 2 heterocycles. The molecule has 0 spiro atoms. The summed E-state index contributed by atoms with van der Waals surface area (Å²) in [5.41, 5.74) is 12.0. The maximum Gasteiger partial charge on any atom is 0.256 e. The minimum absolute atomic E-state index is 0.167. The lowest BCUT2D eigenvalue weighted by atomic mass is 9.89. The number of aromatic nitrogens is 1. The summed E-state index contributed by atoms with van der Waals surface area (Å²) in [5.74, 6) is 0.607. The van der Waals surface area contributed by atoms with Crippen molar-refractivity contribution in [1.29, 1.82) is 0 Å². The quantitative estimate of drug-likeness (QED) is 0.0864. The van der Waals surface area contributed by atoms with E-state index in [1.165, 1.54) is 6.08 Å². The van der Waals surface area contributed by atoms with Gasteiger partial charge in [0.1, 0.15) is 12.1 Å². The number of pyridine rings is 1. The molecule has 0 saturated carbocycles. The molecule has 39 heavy (non-hydrogen) atoms. The van der Waals surface area contributed by atoms with Crippen LogP contribution in [-0.2, 0) is 9.59 Å². The number of benzene rings is 1. The Balaban J connectivity index is 0.00000124. The number of hydrogen-bond donors (Lipinski definition) is 4. The number of nitrogens with zero attached hydrogens (tertiary/aromatic N) is 3. The van der Waals surface area contributed by atoms with E-state index in [9.17, 15) is 9.59 Å². The third-order valence-electron chi connectivity index (χ3n) is 5.86. The lowest BCUT2D eigenvalue weighted by Crippen LogP contribution is -2.27. The highest BCUT2D eigenvalue weighted by atomic mass is 16.1. The third kappa shape index (κ3) is 9.35. The van der Waals surface area contributed by atoms with Crippen LogP contribution in [0.5, 0.6) is 0 Å². The monoisotopic (exact) mass is 531 g/mol. The molecule has 5 N–H and O–H groups in total. The molecule has 3 rings (SSSR count). The highest BCUT2D eigenvalue weighted by Gasteiger charge is 2.27. The van der Waals surface area contributed by atoms with Gasteiger partial charge in [-0.1, -0.05) is 25.6 Å². The Labute approximate surface area is 229 Å². The molecule has 1 aliphatic heterocycles. The van der Waals surface area contributed by atoms with Crippen LogP contribution in [-0.4, -0.2) is 61.4 Å². The molecule has 1 aromatic carbocycles. The van der Waals surface area contributed by atoms with E-state index >= 15 is 0 Å². The number of nitrogens with one attached hydrogen (secondary N) is 3. The van der Waals surface area contributed by atoms with Crippen molar-refractivity contribution in [3.05, 3.63) is 89.8 Å². The number of nitrogens with two attached hydrogens (primary N) is 1. The van der Waals surface area contributed by atoms with E-state index in [0.29, 0.717) is 34.6 Å². The van der Waals surface area contributed by atoms with Crippen molar-refractivity contribution in [2.45, 2.75) is 19.8 Å². The highest BCUT2D eigenvalue weighted by molar-refractivity contribution is 6.06. The molecule has 1 saturated heterocycles. The van der Waals surface area contributed by atoms with E-state index in [-0.39, 0.29) is 17.7 Å². The van der Waals surface area contributed by atoms with Crippen LogP contribution in [0.1, 0.15) is 30.1 Å². The molecule has 10 heteroatoms. The van der Waals surface area contributed by atoms with Gasteiger partial charge in [-0.3, -0.25) is 14.4 Å². The van der Waals surface area contributed by atoms with E-state index < -0.39 is 0 Å². The Kier molecular flexibility index (Phi) is 12.8. The van der Waals surface area contributed by atoms with Gasteiger partial charge in [-0.25, -0.2) is 4.98 Å². The number of hydrogen-bond acceptors (Lipinski definition) is 8. The van der Waals surface area contributed by atoms with E-state index in [0.717, 1.165) is 37.8 Å². The SMILES string of the molecule is C=CC=O.CC/C=C(/C(C=O)=C(Nc1ccc(C(=O)Nc2ccccn2)cc1)/C(N)=N\NC)C1CCN(C)C1. The number of hydrazone groups is 1. The summed E-state index contributed by atoms with van der Waals surface area (Å²) in [6.45, 7) is 7.01. The fourth-order valence-corrected chi connectivity index (χ4v) is 4.10. The normalized spacial score (nSPS) is 16.2. The van der Waals surface area contributed by atoms with Gasteiger partial charge in [0.2, 0.25) is 0 Å². The van der Waals surface area contributed by atoms with Gasteiger partial charge in [0.05, 0.1) is 5.70 Å². The largest absolute Gasteiger partial charge is 0.381 e. The van der Waals surface area contributed by atoms with Crippen molar-refractivity contribution in [3.8, 4) is 0 Å². The molecule has 1 aliphatic rings. The number of likely N-dealkylation sites (tertiary alicyclic amines) is 1. The van der Waals surface area contributed by atoms with Crippen LogP contribution in [0.25, 0.3) is 0 Å². The first kappa shape index (κ1) is 30.7. The maximum atomic E-state index is 12.5. The maximum absolute atomic E-state index is 12.5. The molecule has 1 unspecified atom stereocenters. The summed E-state index contributed by atoms with van der Waals surface area (Å²) in [4.78, 5) is 40.3. The Hall–Kier alpha value is -4.57. The Morgan fingerprint density at radius 3 is 2.44 bits per heavy atom. The standard InChI is InChI=1S/C26H33N7O2.C3H4O/c1-4-7-21(19-13-15-33(3)16-19)22(17-34)24(25(27)32-28-2)30-20-11-9-18(10-12-20)26(35)31-23-8-5-6-14-29-23;1-2-3-4/h5-12,14,17,19,28,30H,4,13,15-16H2,1-3H3,(H2,27,32)(H,29,31,35);2-3H,1H2/b21-7+,24-22-;. The number of aldehydes is 2. The van der Waals surface area contributed by atoms with E-state index in [1.54, 1.807) is 55.7 Å². The molecule has 1 aromatic heterocycles. The van der Waals surface area contributed by atoms with Crippen molar-refractivity contribution < 1.29 is 14.4 Å². The number of anilines is 2. The lowest BCUT2D eigenvalue weighted by molar-refractivity contribution is -0.105. The molecular weight excluding hydrogens is 494 g/mol. The number of allylic oxidation sites excluding steroid dienone is 3. The number of carbonyl (C=O) groups is 3. The van der Waals surface area contributed by atoms with Crippen LogP contribution in [0.3, 0.4) is 0 Å². The first-order valence-electron chi connectivity index (χ1n) is 12.6. The molecule has 1 atom stereocenters. The van der Waals surface area contributed by atoms with Gasteiger partial charge in [-0.15, -0.1) is 0 Å². The van der Waals surface area contributed by atoms with Gasteiger partial charge < -0.3 is 26.7 Å². The van der Waals surface area contributed by atoms with Crippen molar-refractivity contribution in [2.75, 3.05) is 37.8 Å². The van der Waals surface area contributed by atoms with Crippen LogP contribution in [0.15, 0.2) is 89.3 Å². The van der Waals surface area contributed by atoms with Crippen LogP contribution >= 0.6 is 0 Å². The molecule has 2 aromatic rings. The van der Waals surface area contributed by atoms with Gasteiger partial charge in [-0.05, 0) is 80.4 Å². The highest BCUT2D eigenvalue weighted by Crippen LogP contribution is 2.30. The van der Waals surface area contributed by atoms with E-state index in [4.69, 9.17) is 10.5 Å². The predicted molar refractivity (Wildman–Crippen MR) is 156 cm³/mol. The average Bonchev–Trinajstić information content (AvgIpc) is 3.39. The van der Waals surface area contributed by atoms with Gasteiger partial charge in [-0.2, -0.15) is 5.10 Å². The lowest BCUT2D eigenvalue weighted by Gasteiger charge is -2.20. The van der Waals surface area contributed by atoms with E-state index in [1.807, 2.05) is 6.92 Å². The minimum Gasteiger partial charge on any atom is -0.381 e. The number of amidine groups is 1.